The fourth-order valence-corrected chi connectivity index (χ4v) is 1.37. The van der Waals surface area contributed by atoms with Crippen molar-refractivity contribution in [1.82, 2.24) is 0 Å². The van der Waals surface area contributed by atoms with Crippen LogP contribution < -0.4 is 5.32 Å². The predicted molar refractivity (Wildman–Crippen MR) is 76.2 cm³/mol. The maximum atomic E-state index is 11.8. The minimum atomic E-state index is -0.891. The number of ether oxygens (including phenoxy) is 2. The number of amides is 1. The van der Waals surface area contributed by atoms with Gasteiger partial charge in [-0.3, -0.25) is 4.79 Å². The minimum absolute atomic E-state index is 0.251. The number of esters is 1. The molecule has 0 saturated heterocycles. The largest absolute Gasteiger partial charge is 0.451 e. The van der Waals surface area contributed by atoms with Crippen LogP contribution >= 0.6 is 0 Å². The van der Waals surface area contributed by atoms with E-state index in [0.717, 1.165) is 0 Å². The van der Waals surface area contributed by atoms with Crippen molar-refractivity contribution in [2.45, 2.75) is 26.1 Å². The third-order valence-corrected chi connectivity index (χ3v) is 2.50. The van der Waals surface area contributed by atoms with Crippen LogP contribution in [0, 0.1) is 0 Å². The van der Waals surface area contributed by atoms with Crippen molar-refractivity contribution in [1.29, 1.82) is 0 Å². The van der Waals surface area contributed by atoms with Gasteiger partial charge in [-0.15, -0.1) is 6.58 Å². The van der Waals surface area contributed by atoms with Crippen molar-refractivity contribution in [3.05, 3.63) is 43.0 Å². The molecule has 0 aliphatic rings. The quantitative estimate of drug-likeness (QED) is 0.612. The highest BCUT2D eigenvalue weighted by atomic mass is 16.6. The molecule has 2 atom stereocenters. The van der Waals surface area contributed by atoms with E-state index in [0.29, 0.717) is 5.69 Å². The van der Waals surface area contributed by atoms with Crippen LogP contribution in [0.4, 0.5) is 5.69 Å². The molecule has 5 heteroatoms. The van der Waals surface area contributed by atoms with Crippen molar-refractivity contribution >= 4 is 17.6 Å². The number of nitrogens with one attached hydrogen (secondary N) is 1. The molecule has 20 heavy (non-hydrogen) atoms. The molecule has 0 aromatic heterocycles. The van der Waals surface area contributed by atoms with E-state index < -0.39 is 18.2 Å². The van der Waals surface area contributed by atoms with Gasteiger partial charge >= 0.3 is 5.97 Å². The molecule has 0 heterocycles. The summed E-state index contributed by atoms with van der Waals surface area (Å²) in [5.74, 6) is -0.969. The Hall–Kier alpha value is -2.14. The topological polar surface area (TPSA) is 64.6 Å². The van der Waals surface area contributed by atoms with Crippen molar-refractivity contribution in [3.63, 3.8) is 0 Å². The Morgan fingerprint density at radius 2 is 1.90 bits per heavy atom. The predicted octanol–water partition coefficient (Wildman–Crippen LogP) is 2.15. The lowest BCUT2D eigenvalue weighted by Crippen LogP contribution is -2.34. The van der Waals surface area contributed by atoms with Crippen LogP contribution in [0.25, 0.3) is 0 Å². The highest BCUT2D eigenvalue weighted by Crippen LogP contribution is 2.07. The number of hydrogen-bond acceptors (Lipinski definition) is 4. The zero-order valence-corrected chi connectivity index (χ0v) is 11.7. The zero-order chi connectivity index (χ0) is 15.0. The molecular formula is C15H19NO4. The fourth-order valence-electron chi connectivity index (χ4n) is 1.37. The number of rotatable bonds is 7. The second-order valence-corrected chi connectivity index (χ2v) is 4.20. The lowest BCUT2D eigenvalue weighted by atomic mass is 10.3. The second kappa shape index (κ2) is 8.12. The molecule has 1 amide bonds. The molecule has 1 rings (SSSR count). The molecule has 0 bridgehead atoms. The Balaban J connectivity index is 2.45. The molecule has 5 nitrogen and oxygen atoms in total. The summed E-state index contributed by atoms with van der Waals surface area (Å²) in [6.07, 6.45) is -0.0903. The lowest BCUT2D eigenvalue weighted by molar-refractivity contribution is -0.163. The Bertz CT molecular complexity index is 458. The van der Waals surface area contributed by atoms with Crippen LogP contribution in [0.15, 0.2) is 43.0 Å². The summed E-state index contributed by atoms with van der Waals surface area (Å²) in [6.45, 7) is 6.81. The standard InChI is InChI=1S/C15H19NO4/c1-4-10-19-12(3)15(18)20-11(2)14(17)16-13-8-6-5-7-9-13/h4-9,11-12H,1,10H2,2-3H3,(H,16,17). The zero-order valence-electron chi connectivity index (χ0n) is 11.7. The van der Waals surface area contributed by atoms with Crippen LogP contribution in [0.5, 0.6) is 0 Å². The minimum Gasteiger partial charge on any atom is -0.451 e. The first-order chi connectivity index (χ1) is 9.54. The van der Waals surface area contributed by atoms with Crippen LogP contribution in [0.2, 0.25) is 0 Å². The lowest BCUT2D eigenvalue weighted by Gasteiger charge is -2.16. The van der Waals surface area contributed by atoms with Gasteiger partial charge in [-0.25, -0.2) is 4.79 Å². The second-order valence-electron chi connectivity index (χ2n) is 4.20. The average molecular weight is 277 g/mol. The highest BCUT2D eigenvalue weighted by molar-refractivity contribution is 5.95. The van der Waals surface area contributed by atoms with E-state index in [9.17, 15) is 9.59 Å². The Morgan fingerprint density at radius 3 is 2.50 bits per heavy atom. The van der Waals surface area contributed by atoms with Gasteiger partial charge in [0.2, 0.25) is 0 Å². The summed E-state index contributed by atoms with van der Waals surface area (Å²) in [6, 6.07) is 8.96. The number of benzene rings is 1. The molecule has 0 saturated carbocycles. The molecule has 1 aromatic carbocycles. The molecular weight excluding hydrogens is 258 g/mol. The monoisotopic (exact) mass is 277 g/mol. The van der Waals surface area contributed by atoms with Crippen LogP contribution in [-0.2, 0) is 19.1 Å². The van der Waals surface area contributed by atoms with Gasteiger partial charge in [-0.1, -0.05) is 24.3 Å². The molecule has 0 aliphatic heterocycles. The molecule has 0 aliphatic carbocycles. The first kappa shape index (κ1) is 15.9. The van der Waals surface area contributed by atoms with Crippen molar-refractivity contribution in [3.8, 4) is 0 Å². The number of carbonyl (C=O) groups excluding carboxylic acids is 2. The summed E-state index contributed by atoms with van der Waals surface area (Å²) in [4.78, 5) is 23.5. The number of hydrogen-bond donors (Lipinski definition) is 1. The fraction of sp³-hybridized carbons (Fsp3) is 0.333. The maximum Gasteiger partial charge on any atom is 0.335 e. The molecule has 0 spiro atoms. The van der Waals surface area contributed by atoms with Gasteiger partial charge in [0.1, 0.15) is 0 Å². The Labute approximate surface area is 118 Å². The molecule has 0 fully saturated rings. The van der Waals surface area contributed by atoms with Gasteiger partial charge in [-0.05, 0) is 26.0 Å². The first-order valence-electron chi connectivity index (χ1n) is 6.33. The SMILES string of the molecule is C=CCOC(C)C(=O)OC(C)C(=O)Nc1ccccc1. The van der Waals surface area contributed by atoms with Gasteiger partial charge in [0.15, 0.2) is 12.2 Å². The summed E-state index contributed by atoms with van der Waals surface area (Å²) < 4.78 is 10.2. The van der Waals surface area contributed by atoms with Gasteiger partial charge in [0.25, 0.3) is 5.91 Å². The summed E-state index contributed by atoms with van der Waals surface area (Å²) in [5, 5.41) is 2.66. The molecule has 2 unspecified atom stereocenters. The van der Waals surface area contributed by atoms with Crippen LogP contribution in [-0.4, -0.2) is 30.7 Å². The summed E-state index contributed by atoms with van der Waals surface area (Å²) in [7, 11) is 0. The van der Waals surface area contributed by atoms with E-state index in [4.69, 9.17) is 9.47 Å². The Kier molecular flexibility index (Phi) is 6.46. The van der Waals surface area contributed by atoms with Gasteiger partial charge in [0, 0.05) is 5.69 Å². The van der Waals surface area contributed by atoms with E-state index in [1.165, 1.54) is 13.0 Å². The van der Waals surface area contributed by atoms with E-state index in [2.05, 4.69) is 11.9 Å². The first-order valence-corrected chi connectivity index (χ1v) is 6.33. The molecule has 1 aromatic rings. The van der Waals surface area contributed by atoms with Crippen molar-refractivity contribution in [2.24, 2.45) is 0 Å². The van der Waals surface area contributed by atoms with E-state index in [-0.39, 0.29) is 12.5 Å². The third kappa shape index (κ3) is 5.24. The van der Waals surface area contributed by atoms with E-state index in [1.807, 2.05) is 6.07 Å². The van der Waals surface area contributed by atoms with Crippen LogP contribution in [0.3, 0.4) is 0 Å². The number of anilines is 1. The van der Waals surface area contributed by atoms with Gasteiger partial charge in [-0.2, -0.15) is 0 Å². The molecule has 108 valence electrons. The number of carbonyl (C=O) groups is 2. The van der Waals surface area contributed by atoms with Crippen molar-refractivity contribution in [2.75, 3.05) is 11.9 Å². The smallest absolute Gasteiger partial charge is 0.335 e. The molecule has 0 radical (unpaired) electrons. The number of para-hydroxylation sites is 1. The van der Waals surface area contributed by atoms with Crippen molar-refractivity contribution < 1.29 is 19.1 Å². The summed E-state index contributed by atoms with van der Waals surface area (Å²) in [5.41, 5.74) is 0.649. The van der Waals surface area contributed by atoms with Gasteiger partial charge in [0.05, 0.1) is 6.61 Å². The maximum absolute atomic E-state index is 11.8. The summed E-state index contributed by atoms with van der Waals surface area (Å²) >= 11 is 0. The normalized spacial score (nSPS) is 13.1. The van der Waals surface area contributed by atoms with Crippen LogP contribution in [0.1, 0.15) is 13.8 Å². The molecule has 1 N–H and O–H groups in total. The highest BCUT2D eigenvalue weighted by Gasteiger charge is 2.22. The van der Waals surface area contributed by atoms with E-state index >= 15 is 0 Å². The Morgan fingerprint density at radius 1 is 1.25 bits per heavy atom. The average Bonchev–Trinajstić information content (AvgIpc) is 2.45. The van der Waals surface area contributed by atoms with Gasteiger partial charge < -0.3 is 14.8 Å². The third-order valence-electron chi connectivity index (χ3n) is 2.50. The van der Waals surface area contributed by atoms with E-state index in [1.54, 1.807) is 31.2 Å².